The summed E-state index contributed by atoms with van der Waals surface area (Å²) in [5, 5.41) is 1.02. The number of aryl methyl sites for hydroxylation is 2. The minimum absolute atomic E-state index is 0.0407. The number of nitrogens with two attached hydrogens (primary N) is 1. The van der Waals surface area contributed by atoms with E-state index in [2.05, 4.69) is 0 Å². The highest BCUT2D eigenvalue weighted by atomic mass is 16.3. The van der Waals surface area contributed by atoms with Crippen molar-refractivity contribution in [1.29, 1.82) is 0 Å². The Bertz CT molecular complexity index is 645. The molecule has 0 radical (unpaired) electrons. The van der Waals surface area contributed by atoms with Gasteiger partial charge in [0.2, 0.25) is 0 Å². The summed E-state index contributed by atoms with van der Waals surface area (Å²) < 4.78 is 5.81. The second kappa shape index (κ2) is 4.38. The first kappa shape index (κ1) is 12.2. The van der Waals surface area contributed by atoms with Crippen LogP contribution in [0.4, 0.5) is 0 Å². The first-order valence-electron chi connectivity index (χ1n) is 6.61. The second-order valence-electron chi connectivity index (χ2n) is 5.31. The van der Waals surface area contributed by atoms with Crippen LogP contribution in [0.15, 0.2) is 22.6 Å². The molecule has 2 aromatic rings. The van der Waals surface area contributed by atoms with Crippen molar-refractivity contribution in [2.45, 2.75) is 26.3 Å². The SMILES string of the molecule is Cc1c(C(=O)N2CC[C@@H](N)C2)oc2c(C)cccc12. The summed E-state index contributed by atoms with van der Waals surface area (Å²) in [4.78, 5) is 14.3. The molecule has 3 rings (SSSR count). The summed E-state index contributed by atoms with van der Waals surface area (Å²) in [6.45, 7) is 5.27. The molecule has 1 aliphatic heterocycles. The van der Waals surface area contributed by atoms with Crippen molar-refractivity contribution in [3.63, 3.8) is 0 Å². The van der Waals surface area contributed by atoms with E-state index in [1.54, 1.807) is 4.90 Å². The quantitative estimate of drug-likeness (QED) is 0.853. The Morgan fingerprint density at radius 3 is 2.84 bits per heavy atom. The van der Waals surface area contributed by atoms with Gasteiger partial charge in [0.25, 0.3) is 5.91 Å². The van der Waals surface area contributed by atoms with Crippen LogP contribution >= 0.6 is 0 Å². The van der Waals surface area contributed by atoms with Crippen LogP contribution < -0.4 is 5.73 Å². The third-order valence-corrected chi connectivity index (χ3v) is 3.87. The molecule has 19 heavy (non-hydrogen) atoms. The number of furan rings is 1. The monoisotopic (exact) mass is 258 g/mol. The molecule has 0 unspecified atom stereocenters. The van der Waals surface area contributed by atoms with Gasteiger partial charge in [0, 0.05) is 30.1 Å². The molecule has 2 N–H and O–H groups in total. The largest absolute Gasteiger partial charge is 0.450 e. The van der Waals surface area contributed by atoms with Gasteiger partial charge < -0.3 is 15.1 Å². The maximum atomic E-state index is 12.5. The summed E-state index contributed by atoms with van der Waals surface area (Å²) in [7, 11) is 0. The van der Waals surface area contributed by atoms with Gasteiger partial charge in [0.1, 0.15) is 5.58 Å². The lowest BCUT2D eigenvalue weighted by Gasteiger charge is -2.14. The minimum Gasteiger partial charge on any atom is -0.450 e. The molecule has 0 spiro atoms. The smallest absolute Gasteiger partial charge is 0.289 e. The average Bonchev–Trinajstić information content (AvgIpc) is 2.95. The summed E-state index contributed by atoms with van der Waals surface area (Å²) in [5.74, 6) is 0.416. The van der Waals surface area contributed by atoms with Crippen LogP contribution in [-0.4, -0.2) is 29.9 Å². The van der Waals surface area contributed by atoms with E-state index in [4.69, 9.17) is 10.2 Å². The lowest BCUT2D eigenvalue weighted by molar-refractivity contribution is 0.0760. The molecule has 1 amide bonds. The highest BCUT2D eigenvalue weighted by Gasteiger charge is 2.28. The molecule has 1 fully saturated rings. The van der Waals surface area contributed by atoms with E-state index in [0.717, 1.165) is 35.1 Å². The average molecular weight is 258 g/mol. The molecule has 2 heterocycles. The van der Waals surface area contributed by atoms with Gasteiger partial charge in [0.15, 0.2) is 5.76 Å². The van der Waals surface area contributed by atoms with E-state index in [-0.39, 0.29) is 11.9 Å². The number of para-hydroxylation sites is 1. The molecule has 1 saturated heterocycles. The van der Waals surface area contributed by atoms with E-state index >= 15 is 0 Å². The standard InChI is InChI=1S/C15H18N2O2/c1-9-4-3-5-12-10(2)14(19-13(9)12)15(18)17-7-6-11(16)8-17/h3-5,11H,6-8,16H2,1-2H3/t11-/m1/s1. The number of benzene rings is 1. The molecule has 1 aromatic heterocycles. The van der Waals surface area contributed by atoms with Crippen molar-refractivity contribution in [3.8, 4) is 0 Å². The van der Waals surface area contributed by atoms with Gasteiger partial charge in [-0.25, -0.2) is 0 Å². The van der Waals surface area contributed by atoms with Crippen LogP contribution in [0.5, 0.6) is 0 Å². The van der Waals surface area contributed by atoms with Gasteiger partial charge in [-0.05, 0) is 25.8 Å². The summed E-state index contributed by atoms with van der Waals surface area (Å²) in [6.07, 6.45) is 0.865. The van der Waals surface area contributed by atoms with Crippen LogP contribution in [0.25, 0.3) is 11.0 Å². The topological polar surface area (TPSA) is 59.5 Å². The van der Waals surface area contributed by atoms with Crippen LogP contribution in [0, 0.1) is 13.8 Å². The Labute approximate surface area is 112 Å². The van der Waals surface area contributed by atoms with Crippen molar-refractivity contribution >= 4 is 16.9 Å². The van der Waals surface area contributed by atoms with Crippen LogP contribution in [0.3, 0.4) is 0 Å². The lowest BCUT2D eigenvalue weighted by Crippen LogP contribution is -2.31. The van der Waals surface area contributed by atoms with Crippen LogP contribution in [0.1, 0.15) is 28.1 Å². The molecule has 4 heteroatoms. The van der Waals surface area contributed by atoms with E-state index < -0.39 is 0 Å². The van der Waals surface area contributed by atoms with E-state index in [9.17, 15) is 4.79 Å². The molecule has 0 saturated carbocycles. The zero-order valence-corrected chi connectivity index (χ0v) is 11.3. The van der Waals surface area contributed by atoms with Gasteiger partial charge in [-0.15, -0.1) is 0 Å². The number of hydrogen-bond donors (Lipinski definition) is 1. The number of nitrogens with zero attached hydrogens (tertiary/aromatic N) is 1. The van der Waals surface area contributed by atoms with E-state index in [1.165, 1.54) is 0 Å². The lowest BCUT2D eigenvalue weighted by atomic mass is 10.1. The number of rotatable bonds is 1. The van der Waals surface area contributed by atoms with Crippen molar-refractivity contribution in [1.82, 2.24) is 4.90 Å². The van der Waals surface area contributed by atoms with Gasteiger partial charge in [-0.3, -0.25) is 4.79 Å². The van der Waals surface area contributed by atoms with E-state index in [1.807, 2.05) is 32.0 Å². The molecular weight excluding hydrogens is 240 g/mol. The Balaban J connectivity index is 2.03. The Kier molecular flexibility index (Phi) is 2.82. The zero-order chi connectivity index (χ0) is 13.6. The second-order valence-corrected chi connectivity index (χ2v) is 5.31. The molecular formula is C15H18N2O2. The first-order valence-corrected chi connectivity index (χ1v) is 6.61. The number of hydrogen-bond acceptors (Lipinski definition) is 3. The fourth-order valence-electron chi connectivity index (χ4n) is 2.70. The van der Waals surface area contributed by atoms with Crippen molar-refractivity contribution in [3.05, 3.63) is 35.1 Å². The first-order chi connectivity index (χ1) is 9.08. The molecule has 4 nitrogen and oxygen atoms in total. The van der Waals surface area contributed by atoms with Gasteiger partial charge in [-0.1, -0.05) is 18.2 Å². The van der Waals surface area contributed by atoms with Crippen LogP contribution in [0.2, 0.25) is 0 Å². The summed E-state index contributed by atoms with van der Waals surface area (Å²) in [6, 6.07) is 6.06. The minimum atomic E-state index is -0.0407. The Hall–Kier alpha value is -1.81. The van der Waals surface area contributed by atoms with Crippen molar-refractivity contribution < 1.29 is 9.21 Å². The van der Waals surface area contributed by atoms with E-state index in [0.29, 0.717) is 12.3 Å². The molecule has 1 atom stereocenters. The molecule has 0 bridgehead atoms. The molecule has 1 aliphatic rings. The molecule has 1 aromatic carbocycles. The molecule has 0 aliphatic carbocycles. The molecule has 100 valence electrons. The number of amides is 1. The summed E-state index contributed by atoms with van der Waals surface area (Å²) in [5.41, 5.74) is 8.64. The maximum Gasteiger partial charge on any atom is 0.289 e. The van der Waals surface area contributed by atoms with Gasteiger partial charge >= 0.3 is 0 Å². The highest BCUT2D eigenvalue weighted by molar-refractivity contribution is 5.99. The Morgan fingerprint density at radius 1 is 1.42 bits per heavy atom. The zero-order valence-electron chi connectivity index (χ0n) is 11.3. The number of likely N-dealkylation sites (tertiary alicyclic amines) is 1. The highest BCUT2D eigenvalue weighted by Crippen LogP contribution is 2.29. The third-order valence-electron chi connectivity index (χ3n) is 3.87. The predicted octanol–water partition coefficient (Wildman–Crippen LogP) is 2.22. The maximum absolute atomic E-state index is 12.5. The normalized spacial score (nSPS) is 19.3. The number of carbonyl (C=O) groups is 1. The number of fused-ring (bicyclic) bond motifs is 1. The fraction of sp³-hybridized carbons (Fsp3) is 0.400. The predicted molar refractivity (Wildman–Crippen MR) is 74.2 cm³/mol. The van der Waals surface area contributed by atoms with Crippen molar-refractivity contribution in [2.75, 3.05) is 13.1 Å². The summed E-state index contributed by atoms with van der Waals surface area (Å²) >= 11 is 0. The van der Waals surface area contributed by atoms with Gasteiger partial charge in [0.05, 0.1) is 0 Å². The fourth-order valence-corrected chi connectivity index (χ4v) is 2.70. The Morgan fingerprint density at radius 2 is 2.21 bits per heavy atom. The van der Waals surface area contributed by atoms with Gasteiger partial charge in [-0.2, -0.15) is 0 Å². The number of carbonyl (C=O) groups excluding carboxylic acids is 1. The van der Waals surface area contributed by atoms with Crippen molar-refractivity contribution in [2.24, 2.45) is 5.73 Å². The third kappa shape index (κ3) is 1.92. The van der Waals surface area contributed by atoms with Crippen LogP contribution in [-0.2, 0) is 0 Å².